The Morgan fingerprint density at radius 3 is 2.61 bits per heavy atom. The normalized spacial score (nSPS) is 17.4. The van der Waals surface area contributed by atoms with E-state index >= 15 is 0 Å². The summed E-state index contributed by atoms with van der Waals surface area (Å²) in [5.41, 5.74) is 3.70. The van der Waals surface area contributed by atoms with Crippen molar-refractivity contribution in [2.75, 3.05) is 56.6 Å². The van der Waals surface area contributed by atoms with E-state index < -0.39 is 0 Å². The maximum atomic E-state index is 12.5. The van der Waals surface area contributed by atoms with Crippen LogP contribution >= 0.6 is 22.7 Å². The maximum Gasteiger partial charge on any atom is 0.236 e. The fourth-order valence-corrected chi connectivity index (χ4v) is 7.17. The number of hydrogen-bond donors (Lipinski definition) is 1. The van der Waals surface area contributed by atoms with Crippen molar-refractivity contribution in [1.29, 1.82) is 5.26 Å². The van der Waals surface area contributed by atoms with Crippen LogP contribution in [0.25, 0.3) is 16.2 Å². The van der Waals surface area contributed by atoms with Gasteiger partial charge < -0.3 is 19.8 Å². The van der Waals surface area contributed by atoms with Gasteiger partial charge in [0.25, 0.3) is 0 Å². The average molecular weight is 592 g/mol. The highest BCUT2D eigenvalue weighted by Crippen LogP contribution is 2.38. The Bertz CT molecular complexity index is 1610. The topological polar surface area (TPSA) is 117 Å². The number of benzene rings is 1. The lowest BCUT2D eigenvalue weighted by Crippen LogP contribution is -2.56. The Labute approximate surface area is 246 Å². The van der Waals surface area contributed by atoms with E-state index in [4.69, 9.17) is 15.1 Å². The number of thiazole rings is 1. The molecule has 2 aliphatic heterocycles. The first-order chi connectivity index (χ1) is 19.7. The molecule has 0 saturated carbocycles. The fraction of sp³-hybridized carbons (Fsp3) is 0.464. The second-order valence-electron chi connectivity index (χ2n) is 10.8. The molecule has 1 amide bonds. The summed E-state index contributed by atoms with van der Waals surface area (Å²) in [6.45, 7) is 6.98. The number of carbonyl (C=O) groups excluding carboxylic acids is 1. The molecule has 41 heavy (non-hydrogen) atoms. The monoisotopic (exact) mass is 591 g/mol. The highest BCUT2D eigenvalue weighted by Gasteiger charge is 2.33. The zero-order valence-electron chi connectivity index (χ0n) is 23.6. The van der Waals surface area contributed by atoms with Crippen LogP contribution in [-0.2, 0) is 11.2 Å². The minimum absolute atomic E-state index is 0.0658. The minimum atomic E-state index is -0.383. The van der Waals surface area contributed by atoms with Gasteiger partial charge in [0.15, 0.2) is 10.9 Å². The molecule has 2 fully saturated rings. The maximum absolute atomic E-state index is 12.5. The van der Waals surface area contributed by atoms with Crippen LogP contribution < -0.4 is 9.80 Å². The predicted octanol–water partition coefficient (Wildman–Crippen LogP) is 3.14. The summed E-state index contributed by atoms with van der Waals surface area (Å²) in [4.78, 5) is 31.7. The SMILES string of the molecule is CCc1nc2sc(N3CC[C@H](N(C)CC(=O)N4CC(O)C4)C3)nn2c1N(C)c1nc(-c2ccc(C)cc2)c(C#N)s1. The molecule has 0 spiro atoms. The van der Waals surface area contributed by atoms with Gasteiger partial charge in [-0.1, -0.05) is 59.4 Å². The van der Waals surface area contributed by atoms with Gasteiger partial charge in [0.1, 0.15) is 16.6 Å². The number of nitriles is 1. The molecule has 6 rings (SSSR count). The molecule has 2 saturated heterocycles. The smallest absolute Gasteiger partial charge is 0.236 e. The van der Waals surface area contributed by atoms with E-state index in [1.165, 1.54) is 11.3 Å². The highest BCUT2D eigenvalue weighted by molar-refractivity contribution is 7.20. The number of fused-ring (bicyclic) bond motifs is 1. The molecular formula is C28H33N9O2S2. The molecule has 214 valence electrons. The van der Waals surface area contributed by atoms with Crippen molar-refractivity contribution in [3.63, 3.8) is 0 Å². The van der Waals surface area contributed by atoms with Gasteiger partial charge in [-0.2, -0.15) is 9.78 Å². The van der Waals surface area contributed by atoms with Crippen molar-refractivity contribution in [3.05, 3.63) is 40.4 Å². The van der Waals surface area contributed by atoms with Crippen LogP contribution in [0.15, 0.2) is 24.3 Å². The van der Waals surface area contributed by atoms with Crippen molar-refractivity contribution in [3.8, 4) is 17.3 Å². The Balaban J connectivity index is 1.22. The Kier molecular flexibility index (Phi) is 7.41. The van der Waals surface area contributed by atoms with Crippen LogP contribution in [0.4, 0.5) is 16.1 Å². The molecule has 11 nitrogen and oxygen atoms in total. The summed E-state index contributed by atoms with van der Waals surface area (Å²) in [5.74, 6) is 0.921. The third-order valence-electron chi connectivity index (χ3n) is 7.88. The number of aliphatic hydroxyl groups is 1. The molecule has 1 N–H and O–H groups in total. The molecule has 0 bridgehead atoms. The Morgan fingerprint density at radius 1 is 1.17 bits per heavy atom. The molecule has 2 aliphatic rings. The highest BCUT2D eigenvalue weighted by atomic mass is 32.1. The van der Waals surface area contributed by atoms with Gasteiger partial charge in [-0.25, -0.2) is 9.97 Å². The second-order valence-corrected chi connectivity index (χ2v) is 12.7. The lowest BCUT2D eigenvalue weighted by atomic mass is 10.1. The summed E-state index contributed by atoms with van der Waals surface area (Å²) in [6, 6.07) is 10.6. The molecule has 5 heterocycles. The molecular weight excluding hydrogens is 559 g/mol. The van der Waals surface area contributed by atoms with Crippen molar-refractivity contribution in [2.24, 2.45) is 0 Å². The van der Waals surface area contributed by atoms with Crippen LogP contribution in [0.3, 0.4) is 0 Å². The van der Waals surface area contributed by atoms with Crippen molar-refractivity contribution in [2.45, 2.75) is 38.8 Å². The molecule has 1 atom stereocenters. The van der Waals surface area contributed by atoms with Gasteiger partial charge in [0.05, 0.1) is 18.3 Å². The van der Waals surface area contributed by atoms with Gasteiger partial charge in [-0.15, -0.1) is 5.10 Å². The van der Waals surface area contributed by atoms with Crippen LogP contribution in [0.5, 0.6) is 0 Å². The second kappa shape index (κ2) is 11.0. The molecule has 13 heteroatoms. The predicted molar refractivity (Wildman–Crippen MR) is 161 cm³/mol. The van der Waals surface area contributed by atoms with Crippen LogP contribution in [0.1, 0.15) is 29.5 Å². The van der Waals surface area contributed by atoms with Gasteiger partial charge >= 0.3 is 0 Å². The van der Waals surface area contributed by atoms with Gasteiger partial charge in [-0.3, -0.25) is 9.69 Å². The first-order valence-electron chi connectivity index (χ1n) is 13.8. The van der Waals surface area contributed by atoms with Crippen LogP contribution in [-0.4, -0.2) is 99.4 Å². The van der Waals surface area contributed by atoms with Crippen molar-refractivity contribution in [1.82, 2.24) is 29.4 Å². The molecule has 4 aromatic rings. The molecule has 0 unspecified atom stereocenters. The number of likely N-dealkylation sites (N-methyl/N-ethyl adjacent to an activating group) is 1. The van der Waals surface area contributed by atoms with Crippen LogP contribution in [0, 0.1) is 18.3 Å². The van der Waals surface area contributed by atoms with E-state index in [1.807, 2.05) is 54.7 Å². The van der Waals surface area contributed by atoms with Crippen molar-refractivity contribution >= 4 is 49.6 Å². The number of β-amino-alcohol motifs (C(OH)–C–C–N with tert-alkyl or cyclic N) is 1. The molecule has 0 aliphatic carbocycles. The van der Waals surface area contributed by atoms with E-state index in [-0.39, 0.29) is 18.1 Å². The minimum Gasteiger partial charge on any atom is -0.389 e. The summed E-state index contributed by atoms with van der Waals surface area (Å²) in [7, 11) is 3.95. The lowest BCUT2D eigenvalue weighted by molar-refractivity contribution is -0.142. The summed E-state index contributed by atoms with van der Waals surface area (Å²) < 4.78 is 1.90. The lowest BCUT2D eigenvalue weighted by Gasteiger charge is -2.37. The summed E-state index contributed by atoms with van der Waals surface area (Å²) in [5, 5.41) is 26.0. The number of nitrogens with zero attached hydrogens (tertiary/aromatic N) is 9. The average Bonchev–Trinajstić information content (AvgIpc) is 3.73. The number of aliphatic hydroxyl groups excluding tert-OH is 1. The number of hydrogen-bond acceptors (Lipinski definition) is 11. The zero-order chi connectivity index (χ0) is 28.8. The number of likely N-dealkylation sites (tertiary alicyclic amines) is 1. The zero-order valence-corrected chi connectivity index (χ0v) is 25.2. The quantitative estimate of drug-likeness (QED) is 0.330. The number of amides is 1. The molecule has 1 aromatic carbocycles. The number of aryl methyl sites for hydroxylation is 2. The van der Waals surface area contributed by atoms with Crippen molar-refractivity contribution < 1.29 is 9.90 Å². The fourth-order valence-electron chi connectivity index (χ4n) is 5.37. The Hall–Kier alpha value is -3.57. The third kappa shape index (κ3) is 5.17. The number of aromatic nitrogens is 4. The summed E-state index contributed by atoms with van der Waals surface area (Å²) in [6.07, 6.45) is 1.30. The number of anilines is 3. The van der Waals surface area contributed by atoms with Gasteiger partial charge in [0.2, 0.25) is 16.0 Å². The first kappa shape index (κ1) is 27.6. The number of imidazole rings is 1. The van der Waals surface area contributed by atoms with E-state index in [1.54, 1.807) is 16.2 Å². The summed E-state index contributed by atoms with van der Waals surface area (Å²) >= 11 is 2.93. The standard InChI is InChI=1S/C28H33N9O2S2/c1-5-21-25(34(4)26-31-24(22(12-29)40-26)18-8-6-17(2)7-9-18)37-27(30-21)41-28(32-37)35-11-10-19(13-35)33(3)16-23(39)36-14-20(38)15-36/h6-9,19-20,38H,5,10-11,13-16H2,1-4H3/t19-/m0/s1. The molecule has 0 radical (unpaired) electrons. The van der Waals surface area contributed by atoms with E-state index in [0.717, 1.165) is 58.7 Å². The van der Waals surface area contributed by atoms with E-state index in [9.17, 15) is 15.2 Å². The van der Waals surface area contributed by atoms with Gasteiger partial charge in [0, 0.05) is 44.8 Å². The third-order valence-corrected chi connectivity index (χ3v) is 9.88. The van der Waals surface area contributed by atoms with Gasteiger partial charge in [-0.05, 0) is 26.8 Å². The number of carbonyl (C=O) groups is 1. The first-order valence-corrected chi connectivity index (χ1v) is 15.4. The van der Waals surface area contributed by atoms with Crippen LogP contribution in [0.2, 0.25) is 0 Å². The Morgan fingerprint density at radius 2 is 1.93 bits per heavy atom. The number of rotatable bonds is 8. The molecule has 3 aromatic heterocycles. The van der Waals surface area contributed by atoms with E-state index in [2.05, 4.69) is 22.8 Å². The largest absolute Gasteiger partial charge is 0.389 e. The van der Waals surface area contributed by atoms with E-state index in [0.29, 0.717) is 35.3 Å².